The predicted octanol–water partition coefficient (Wildman–Crippen LogP) is 7.08. The number of carboxylic acid groups (broad SMARTS) is 1. The fourth-order valence-corrected chi connectivity index (χ4v) is 6.41. The maximum Gasteiger partial charge on any atom is 0.303 e. The molecule has 34 heavy (non-hydrogen) atoms. The van der Waals surface area contributed by atoms with E-state index in [0.29, 0.717) is 44.4 Å². The lowest BCUT2D eigenvalue weighted by Crippen LogP contribution is -2.19. The Balaban J connectivity index is 1.59. The summed E-state index contributed by atoms with van der Waals surface area (Å²) in [5.74, 6) is 0.200. The van der Waals surface area contributed by atoms with Gasteiger partial charge in [0.15, 0.2) is 0 Å². The number of thiophene rings is 1. The summed E-state index contributed by atoms with van der Waals surface area (Å²) in [6.07, 6.45) is 11.4. The van der Waals surface area contributed by atoms with Crippen molar-refractivity contribution >= 4 is 44.8 Å². The van der Waals surface area contributed by atoms with Gasteiger partial charge in [0.2, 0.25) is 0 Å². The van der Waals surface area contributed by atoms with Gasteiger partial charge in [0.05, 0.1) is 11.1 Å². The molecule has 0 saturated heterocycles. The van der Waals surface area contributed by atoms with Crippen LogP contribution in [0.5, 0.6) is 0 Å². The highest BCUT2D eigenvalue weighted by Crippen LogP contribution is 2.42. The second-order valence-corrected chi connectivity index (χ2v) is 11.1. The lowest BCUT2D eigenvalue weighted by Gasteiger charge is -2.23. The zero-order valence-electron chi connectivity index (χ0n) is 20.0. The molecule has 3 rings (SSSR count). The standard InChI is InChI=1S/C28H35ClO4S/c1-18(2)23-17-24(31)21(9-5-3-4-6-12-27(32)33)20(23)15-13-19(30)14-16-26-28(29)22-10-7-8-11-25(22)34-26/h3,5,7-8,10-11,13,15,18-21,23,30H,4,6,9,12,14,16-17H2,1-2H3,(H,32,33)/t19?,20-,21-,23+/m1/s1. The molecule has 1 heterocycles. The van der Waals surface area contributed by atoms with E-state index in [1.807, 2.05) is 36.4 Å². The highest BCUT2D eigenvalue weighted by Gasteiger charge is 2.41. The average molecular weight is 503 g/mol. The Morgan fingerprint density at radius 2 is 2.03 bits per heavy atom. The van der Waals surface area contributed by atoms with E-state index in [-0.39, 0.29) is 30.0 Å². The van der Waals surface area contributed by atoms with Crippen LogP contribution in [0, 0.1) is 23.7 Å². The molecule has 0 bridgehead atoms. The third-order valence-corrected chi connectivity index (χ3v) is 8.58. The number of hydrogen-bond donors (Lipinski definition) is 2. The first-order chi connectivity index (χ1) is 16.3. The average Bonchev–Trinajstić information content (AvgIpc) is 3.29. The van der Waals surface area contributed by atoms with E-state index in [9.17, 15) is 14.7 Å². The van der Waals surface area contributed by atoms with Gasteiger partial charge in [-0.15, -0.1) is 11.3 Å². The number of aliphatic hydroxyl groups is 1. The van der Waals surface area contributed by atoms with Crippen LogP contribution < -0.4 is 0 Å². The zero-order chi connectivity index (χ0) is 24.7. The Hall–Kier alpha value is -1.95. The molecule has 1 fully saturated rings. The van der Waals surface area contributed by atoms with Crippen LogP contribution in [0.25, 0.3) is 10.1 Å². The number of hydrogen-bond acceptors (Lipinski definition) is 4. The number of carboxylic acids is 1. The summed E-state index contributed by atoms with van der Waals surface area (Å²) in [7, 11) is 0. The predicted molar refractivity (Wildman–Crippen MR) is 140 cm³/mol. The number of aryl methyl sites for hydroxylation is 1. The highest BCUT2D eigenvalue weighted by atomic mass is 35.5. The van der Waals surface area contributed by atoms with Gasteiger partial charge in [0, 0.05) is 33.7 Å². The van der Waals surface area contributed by atoms with Crippen LogP contribution in [0.1, 0.15) is 57.2 Å². The van der Waals surface area contributed by atoms with E-state index >= 15 is 0 Å². The van der Waals surface area contributed by atoms with Gasteiger partial charge in [-0.3, -0.25) is 9.59 Å². The van der Waals surface area contributed by atoms with Crippen LogP contribution in [-0.4, -0.2) is 28.1 Å². The lowest BCUT2D eigenvalue weighted by molar-refractivity contribution is -0.137. The van der Waals surface area contributed by atoms with Crippen LogP contribution in [0.3, 0.4) is 0 Å². The SMILES string of the molecule is CC(C)[C@@H]1CC(=O)[C@H](CC=CCCCC(=O)O)[C@H]1C=CC(O)CCc1sc2ccccc2c1Cl. The minimum absolute atomic E-state index is 0.0800. The number of aliphatic hydroxyl groups excluding tert-OH is 1. The quantitative estimate of drug-likeness (QED) is 0.240. The molecule has 0 aliphatic heterocycles. The Morgan fingerprint density at radius 1 is 1.26 bits per heavy atom. The molecule has 1 aliphatic rings. The topological polar surface area (TPSA) is 74.6 Å². The van der Waals surface area contributed by atoms with Crippen molar-refractivity contribution in [2.24, 2.45) is 23.7 Å². The van der Waals surface area contributed by atoms with Crippen molar-refractivity contribution in [1.29, 1.82) is 0 Å². The number of benzene rings is 1. The lowest BCUT2D eigenvalue weighted by atomic mass is 9.81. The first-order valence-corrected chi connectivity index (χ1v) is 13.4. The number of fused-ring (bicyclic) bond motifs is 1. The molecule has 0 spiro atoms. The summed E-state index contributed by atoms with van der Waals surface area (Å²) in [4.78, 5) is 24.5. The van der Waals surface area contributed by atoms with Crippen molar-refractivity contribution in [1.82, 2.24) is 0 Å². The summed E-state index contributed by atoms with van der Waals surface area (Å²) in [5, 5.41) is 21.3. The summed E-state index contributed by atoms with van der Waals surface area (Å²) in [5.41, 5.74) is 0. The second kappa shape index (κ2) is 12.7. The monoisotopic (exact) mass is 502 g/mol. The van der Waals surface area contributed by atoms with E-state index in [4.69, 9.17) is 16.7 Å². The van der Waals surface area contributed by atoms with E-state index in [0.717, 1.165) is 20.0 Å². The molecular weight excluding hydrogens is 468 g/mol. The molecule has 0 amide bonds. The molecule has 1 aromatic carbocycles. The number of Topliss-reactive ketones (excluding diaryl/α,β-unsaturated/α-hetero) is 1. The maximum absolute atomic E-state index is 12.8. The van der Waals surface area contributed by atoms with Gasteiger partial charge in [0.1, 0.15) is 5.78 Å². The number of carbonyl (C=O) groups is 2. The van der Waals surface area contributed by atoms with Crippen molar-refractivity contribution in [3.8, 4) is 0 Å². The summed E-state index contributed by atoms with van der Waals surface area (Å²) >= 11 is 8.22. The van der Waals surface area contributed by atoms with Gasteiger partial charge < -0.3 is 10.2 Å². The Bertz CT molecular complexity index is 1040. The Morgan fingerprint density at radius 3 is 2.74 bits per heavy atom. The Labute approximate surface area is 211 Å². The van der Waals surface area contributed by atoms with Crippen LogP contribution in [-0.2, 0) is 16.0 Å². The van der Waals surface area contributed by atoms with Crippen molar-refractivity contribution < 1.29 is 19.8 Å². The number of ketones is 1. The van der Waals surface area contributed by atoms with Gasteiger partial charge in [-0.25, -0.2) is 0 Å². The molecule has 2 aromatic rings. The number of aliphatic carboxylic acids is 1. The summed E-state index contributed by atoms with van der Waals surface area (Å²) in [6.45, 7) is 4.31. The minimum atomic E-state index is -0.780. The number of carbonyl (C=O) groups excluding carboxylic acids is 1. The molecular formula is C28H35ClO4S. The minimum Gasteiger partial charge on any atom is -0.481 e. The first kappa shape index (κ1) is 26.7. The van der Waals surface area contributed by atoms with Crippen molar-refractivity contribution in [3.05, 3.63) is 58.5 Å². The van der Waals surface area contributed by atoms with Crippen molar-refractivity contribution in [2.45, 2.75) is 64.9 Å². The van der Waals surface area contributed by atoms with Crippen LogP contribution in [0.2, 0.25) is 5.02 Å². The third kappa shape index (κ3) is 7.03. The molecule has 4 atom stereocenters. The first-order valence-electron chi connectivity index (χ1n) is 12.2. The van der Waals surface area contributed by atoms with E-state index in [1.165, 1.54) is 0 Å². The highest BCUT2D eigenvalue weighted by molar-refractivity contribution is 7.19. The van der Waals surface area contributed by atoms with Crippen molar-refractivity contribution in [2.75, 3.05) is 0 Å². The third-order valence-electron chi connectivity index (χ3n) is 6.81. The smallest absolute Gasteiger partial charge is 0.303 e. The number of unbranched alkanes of at least 4 members (excludes halogenated alkanes) is 1. The van der Waals surface area contributed by atoms with E-state index in [1.54, 1.807) is 11.3 Å². The molecule has 184 valence electrons. The maximum atomic E-state index is 12.8. The molecule has 1 saturated carbocycles. The van der Waals surface area contributed by atoms with Gasteiger partial charge in [-0.05, 0) is 55.9 Å². The molecule has 6 heteroatoms. The zero-order valence-corrected chi connectivity index (χ0v) is 21.5. The van der Waals surface area contributed by atoms with E-state index < -0.39 is 12.1 Å². The van der Waals surface area contributed by atoms with Gasteiger partial charge in [-0.1, -0.05) is 68.0 Å². The van der Waals surface area contributed by atoms with Gasteiger partial charge >= 0.3 is 5.97 Å². The fraction of sp³-hybridized carbons (Fsp3) is 0.500. The molecule has 2 N–H and O–H groups in total. The van der Waals surface area contributed by atoms with E-state index in [2.05, 4.69) is 26.0 Å². The summed E-state index contributed by atoms with van der Waals surface area (Å²) in [6, 6.07) is 8.08. The van der Waals surface area contributed by atoms with Crippen LogP contribution in [0.15, 0.2) is 48.6 Å². The van der Waals surface area contributed by atoms with Crippen molar-refractivity contribution in [3.63, 3.8) is 0 Å². The second-order valence-electron chi connectivity index (χ2n) is 9.58. The number of allylic oxidation sites excluding steroid dienone is 3. The molecule has 1 aromatic heterocycles. The summed E-state index contributed by atoms with van der Waals surface area (Å²) < 4.78 is 1.16. The molecule has 1 aliphatic carbocycles. The number of rotatable bonds is 12. The van der Waals surface area contributed by atoms with Gasteiger partial charge in [0.25, 0.3) is 0 Å². The molecule has 4 nitrogen and oxygen atoms in total. The number of halogens is 1. The Kier molecular flexibility index (Phi) is 9.93. The largest absolute Gasteiger partial charge is 0.481 e. The fourth-order valence-electron chi connectivity index (χ4n) is 4.87. The van der Waals surface area contributed by atoms with Crippen LogP contribution in [0.4, 0.5) is 0 Å². The van der Waals surface area contributed by atoms with Gasteiger partial charge in [-0.2, -0.15) is 0 Å². The molecule has 1 unspecified atom stereocenters. The normalized spacial score (nSPS) is 22.0. The molecule has 0 radical (unpaired) electrons. The van der Waals surface area contributed by atoms with Crippen LogP contribution >= 0.6 is 22.9 Å².